The van der Waals surface area contributed by atoms with Crippen LogP contribution in [0.4, 0.5) is 5.69 Å². The zero-order valence-electron chi connectivity index (χ0n) is 24.9. The number of likely N-dealkylation sites (tertiary alicyclic amines) is 1. The van der Waals surface area contributed by atoms with Crippen molar-refractivity contribution in [3.8, 4) is 22.4 Å². The summed E-state index contributed by atoms with van der Waals surface area (Å²) in [4.78, 5) is 25.5. The Hall–Kier alpha value is -3.75. The SMILES string of the molecule is Cc1cc(-c2cc3c(-c4ccc(C(=O)N(C)CC5CCCN5C)cc4)c[nH]c3nn2)cc(C)c1N1CCN(C)CC1. The number of hydrogen-bond donors (Lipinski definition) is 1. The Labute approximate surface area is 243 Å². The van der Waals surface area contributed by atoms with Crippen LogP contribution in [0.3, 0.4) is 0 Å². The number of H-pyrrole nitrogens is 1. The fraction of sp³-hybridized carbons (Fsp3) is 0.424. The van der Waals surface area contributed by atoms with Crippen molar-refractivity contribution in [2.45, 2.75) is 32.7 Å². The quantitative estimate of drug-likeness (QED) is 0.370. The Bertz CT molecular complexity index is 1530. The number of nitrogens with one attached hydrogen (secondary N) is 1. The van der Waals surface area contributed by atoms with Crippen molar-refractivity contribution in [1.29, 1.82) is 0 Å². The van der Waals surface area contributed by atoms with Crippen molar-refractivity contribution in [2.24, 2.45) is 0 Å². The first-order chi connectivity index (χ1) is 19.8. The Morgan fingerprint density at radius 1 is 0.951 bits per heavy atom. The van der Waals surface area contributed by atoms with Crippen LogP contribution < -0.4 is 4.90 Å². The Balaban J connectivity index is 1.23. The lowest BCUT2D eigenvalue weighted by Gasteiger charge is -2.36. The van der Waals surface area contributed by atoms with Gasteiger partial charge < -0.3 is 24.6 Å². The minimum absolute atomic E-state index is 0.0645. The molecule has 2 aromatic heterocycles. The molecule has 6 rings (SSSR count). The predicted octanol–water partition coefficient (Wildman–Crippen LogP) is 4.83. The largest absolute Gasteiger partial charge is 0.369 e. The lowest BCUT2D eigenvalue weighted by atomic mass is 9.99. The average Bonchev–Trinajstić information content (AvgIpc) is 3.58. The molecule has 4 heterocycles. The number of aryl methyl sites for hydroxylation is 2. The fourth-order valence-electron chi connectivity index (χ4n) is 6.56. The normalized spacial score (nSPS) is 18.4. The fourth-order valence-corrected chi connectivity index (χ4v) is 6.56. The van der Waals surface area contributed by atoms with E-state index >= 15 is 0 Å². The topological polar surface area (TPSA) is 71.6 Å². The smallest absolute Gasteiger partial charge is 0.253 e. The van der Waals surface area contributed by atoms with Gasteiger partial charge in [-0.1, -0.05) is 12.1 Å². The van der Waals surface area contributed by atoms with Gasteiger partial charge in [0.1, 0.15) is 0 Å². The number of aromatic amines is 1. The third-order valence-corrected chi connectivity index (χ3v) is 8.99. The molecule has 2 aliphatic rings. The van der Waals surface area contributed by atoms with Gasteiger partial charge in [-0.3, -0.25) is 4.79 Å². The van der Waals surface area contributed by atoms with Gasteiger partial charge in [0, 0.05) is 79.8 Å². The van der Waals surface area contributed by atoms with Crippen LogP contribution in [0, 0.1) is 13.8 Å². The first kappa shape index (κ1) is 27.4. The summed E-state index contributed by atoms with van der Waals surface area (Å²) in [6.07, 6.45) is 4.34. The highest BCUT2D eigenvalue weighted by molar-refractivity contribution is 5.97. The number of carbonyl (C=O) groups is 1. The summed E-state index contributed by atoms with van der Waals surface area (Å²) >= 11 is 0. The van der Waals surface area contributed by atoms with Gasteiger partial charge in [0.15, 0.2) is 5.65 Å². The molecule has 0 aliphatic carbocycles. The minimum atomic E-state index is 0.0645. The molecule has 1 N–H and O–H groups in total. The number of rotatable bonds is 6. The lowest BCUT2D eigenvalue weighted by molar-refractivity contribution is 0.0761. The highest BCUT2D eigenvalue weighted by atomic mass is 16.2. The first-order valence-corrected chi connectivity index (χ1v) is 14.7. The second-order valence-corrected chi connectivity index (χ2v) is 12.0. The van der Waals surface area contributed by atoms with Gasteiger partial charge in [0.25, 0.3) is 5.91 Å². The van der Waals surface area contributed by atoms with E-state index in [1.807, 2.05) is 42.4 Å². The third-order valence-electron chi connectivity index (χ3n) is 8.99. The van der Waals surface area contributed by atoms with E-state index in [4.69, 9.17) is 0 Å². The van der Waals surface area contributed by atoms with Crippen LogP contribution in [-0.2, 0) is 0 Å². The van der Waals surface area contributed by atoms with E-state index in [1.54, 1.807) is 0 Å². The van der Waals surface area contributed by atoms with Gasteiger partial charge in [-0.15, -0.1) is 10.2 Å². The van der Waals surface area contributed by atoms with E-state index < -0.39 is 0 Å². The molecule has 1 amide bonds. The predicted molar refractivity (Wildman–Crippen MR) is 167 cm³/mol. The molecule has 2 aliphatic heterocycles. The number of aromatic nitrogens is 3. The molecule has 0 spiro atoms. The van der Waals surface area contributed by atoms with Crippen LogP contribution in [0.1, 0.15) is 34.3 Å². The van der Waals surface area contributed by atoms with E-state index in [9.17, 15) is 4.79 Å². The average molecular weight is 552 g/mol. The van der Waals surface area contributed by atoms with Crippen molar-refractivity contribution in [2.75, 3.05) is 65.3 Å². The number of benzene rings is 2. The molecule has 8 nitrogen and oxygen atoms in total. The van der Waals surface area contributed by atoms with E-state index in [0.29, 0.717) is 11.6 Å². The van der Waals surface area contributed by atoms with Crippen LogP contribution in [0.15, 0.2) is 48.7 Å². The van der Waals surface area contributed by atoms with Crippen molar-refractivity contribution >= 4 is 22.6 Å². The summed E-state index contributed by atoms with van der Waals surface area (Å²) in [5, 5.41) is 10.1. The standard InChI is InChI=1S/C33H41N7O/c1-22-17-26(18-23(2)31(22)40-15-13-37(3)14-16-40)30-19-28-29(20-34-32(28)36-35-30)24-8-10-25(11-9-24)33(41)39(5)21-27-7-6-12-38(27)4/h8-11,17-20,27H,6-7,12-16,21H2,1-5H3,(H,34,36). The summed E-state index contributed by atoms with van der Waals surface area (Å²) in [7, 11) is 6.24. The van der Waals surface area contributed by atoms with Crippen LogP contribution in [0.2, 0.25) is 0 Å². The summed E-state index contributed by atoms with van der Waals surface area (Å²) < 4.78 is 0. The highest BCUT2D eigenvalue weighted by Crippen LogP contribution is 2.34. The molecule has 0 saturated carbocycles. The van der Waals surface area contributed by atoms with Crippen LogP contribution in [0.25, 0.3) is 33.4 Å². The molecule has 0 bridgehead atoms. The molecule has 4 aromatic rings. The molecule has 1 unspecified atom stereocenters. The number of carbonyl (C=O) groups excluding carboxylic acids is 1. The maximum Gasteiger partial charge on any atom is 0.253 e. The molecule has 0 radical (unpaired) electrons. The van der Waals surface area contributed by atoms with Crippen molar-refractivity contribution in [1.82, 2.24) is 29.9 Å². The molecule has 8 heteroatoms. The van der Waals surface area contributed by atoms with Gasteiger partial charge >= 0.3 is 0 Å². The maximum atomic E-state index is 13.1. The lowest BCUT2D eigenvalue weighted by Crippen LogP contribution is -2.45. The molecular weight excluding hydrogens is 510 g/mol. The highest BCUT2D eigenvalue weighted by Gasteiger charge is 2.24. The summed E-state index contributed by atoms with van der Waals surface area (Å²) in [6.45, 7) is 10.5. The second-order valence-electron chi connectivity index (χ2n) is 12.0. The Morgan fingerprint density at radius 2 is 1.66 bits per heavy atom. The zero-order chi connectivity index (χ0) is 28.7. The first-order valence-electron chi connectivity index (χ1n) is 14.7. The molecule has 2 aromatic carbocycles. The number of likely N-dealkylation sites (N-methyl/N-ethyl adjacent to an activating group) is 3. The molecule has 1 atom stereocenters. The van der Waals surface area contributed by atoms with Crippen LogP contribution in [-0.4, -0.2) is 102 Å². The summed E-state index contributed by atoms with van der Waals surface area (Å²) in [6, 6.07) is 15.0. The second kappa shape index (κ2) is 11.3. The van der Waals surface area contributed by atoms with Crippen molar-refractivity contribution in [3.05, 3.63) is 65.4 Å². The summed E-state index contributed by atoms with van der Waals surface area (Å²) in [5.74, 6) is 0.0645. The van der Waals surface area contributed by atoms with Gasteiger partial charge in [0.2, 0.25) is 0 Å². The molecule has 41 heavy (non-hydrogen) atoms. The van der Waals surface area contributed by atoms with E-state index in [0.717, 1.165) is 79.1 Å². The van der Waals surface area contributed by atoms with Gasteiger partial charge in [0.05, 0.1) is 5.69 Å². The molecule has 2 fully saturated rings. The van der Waals surface area contributed by atoms with Crippen LogP contribution >= 0.6 is 0 Å². The number of hydrogen-bond acceptors (Lipinski definition) is 6. The molecule has 2 saturated heterocycles. The number of fused-ring (bicyclic) bond motifs is 1. The Kier molecular flexibility index (Phi) is 7.53. The molecule has 214 valence electrons. The zero-order valence-corrected chi connectivity index (χ0v) is 24.9. The van der Waals surface area contributed by atoms with E-state index in [-0.39, 0.29) is 5.91 Å². The summed E-state index contributed by atoms with van der Waals surface area (Å²) in [5.41, 5.74) is 9.39. The van der Waals surface area contributed by atoms with E-state index in [2.05, 4.69) is 76.0 Å². The monoisotopic (exact) mass is 551 g/mol. The van der Waals surface area contributed by atoms with Crippen molar-refractivity contribution < 1.29 is 4.79 Å². The van der Waals surface area contributed by atoms with Gasteiger partial charge in [-0.25, -0.2) is 0 Å². The Morgan fingerprint density at radius 3 is 2.32 bits per heavy atom. The van der Waals surface area contributed by atoms with Crippen LogP contribution in [0.5, 0.6) is 0 Å². The maximum absolute atomic E-state index is 13.1. The van der Waals surface area contributed by atoms with Crippen molar-refractivity contribution in [3.63, 3.8) is 0 Å². The van der Waals surface area contributed by atoms with Gasteiger partial charge in [-0.05, 0) is 94.4 Å². The number of amides is 1. The minimum Gasteiger partial charge on any atom is -0.369 e. The molecular formula is C33H41N7O. The van der Waals surface area contributed by atoms with E-state index in [1.165, 1.54) is 23.2 Å². The third kappa shape index (κ3) is 5.46. The number of anilines is 1. The number of nitrogens with zero attached hydrogens (tertiary/aromatic N) is 6. The number of piperazine rings is 1. The van der Waals surface area contributed by atoms with Gasteiger partial charge in [-0.2, -0.15) is 0 Å².